The Hall–Kier alpha value is -2.04. The molecule has 0 saturated carbocycles. The van der Waals surface area contributed by atoms with E-state index >= 15 is 0 Å². The van der Waals surface area contributed by atoms with Gasteiger partial charge in [-0.3, -0.25) is 0 Å². The van der Waals surface area contributed by atoms with Gasteiger partial charge in [-0.15, -0.1) is 0 Å². The highest BCUT2D eigenvalue weighted by molar-refractivity contribution is 5.32. The van der Waals surface area contributed by atoms with Crippen molar-refractivity contribution in [3.05, 3.63) is 60.2 Å². The summed E-state index contributed by atoms with van der Waals surface area (Å²) in [6.45, 7) is 3.00. The molecule has 0 saturated heterocycles. The van der Waals surface area contributed by atoms with Crippen LogP contribution in [0.2, 0.25) is 0 Å². The molecule has 0 aliphatic carbocycles. The van der Waals surface area contributed by atoms with E-state index in [2.05, 4.69) is 24.4 Å². The first-order valence-corrected chi connectivity index (χ1v) is 7.52. The van der Waals surface area contributed by atoms with E-state index in [1.54, 1.807) is 7.11 Å². The van der Waals surface area contributed by atoms with Crippen LogP contribution in [0.3, 0.4) is 0 Å². The van der Waals surface area contributed by atoms with Gasteiger partial charge >= 0.3 is 0 Å². The molecule has 2 atom stereocenters. The van der Waals surface area contributed by atoms with Crippen LogP contribution in [0.15, 0.2) is 54.6 Å². The van der Waals surface area contributed by atoms with Crippen LogP contribution in [0.4, 0.5) is 0 Å². The number of hydrogen-bond acceptors (Lipinski definition) is 3. The molecular formula is C18H24NO3+. The fourth-order valence-corrected chi connectivity index (χ4v) is 2.21. The van der Waals surface area contributed by atoms with E-state index in [9.17, 15) is 5.11 Å². The molecular weight excluding hydrogens is 278 g/mol. The van der Waals surface area contributed by atoms with Gasteiger partial charge in [0.2, 0.25) is 0 Å². The highest BCUT2D eigenvalue weighted by Crippen LogP contribution is 2.18. The number of quaternary nitrogens is 1. The smallest absolute Gasteiger partial charge is 0.137 e. The van der Waals surface area contributed by atoms with Crippen molar-refractivity contribution >= 4 is 0 Å². The molecule has 0 heterocycles. The number of ether oxygens (including phenoxy) is 2. The summed E-state index contributed by atoms with van der Waals surface area (Å²) in [6, 6.07) is 18.0. The molecule has 0 aromatic heterocycles. The predicted molar refractivity (Wildman–Crippen MR) is 86.1 cm³/mol. The zero-order valence-corrected chi connectivity index (χ0v) is 13.1. The molecule has 0 amide bonds. The van der Waals surface area contributed by atoms with Gasteiger partial charge in [0.1, 0.15) is 36.8 Å². The fourth-order valence-electron chi connectivity index (χ4n) is 2.21. The third-order valence-electron chi connectivity index (χ3n) is 3.57. The number of hydrogen-bond donors (Lipinski definition) is 2. The lowest BCUT2D eigenvalue weighted by Gasteiger charge is -2.15. The summed E-state index contributed by atoms with van der Waals surface area (Å²) in [5.74, 6) is 1.45. The lowest BCUT2D eigenvalue weighted by molar-refractivity contribution is -0.698. The van der Waals surface area contributed by atoms with Crippen LogP contribution in [0.25, 0.3) is 0 Å². The summed E-state index contributed by atoms with van der Waals surface area (Å²) in [5, 5.41) is 12.2. The molecule has 4 heteroatoms. The van der Waals surface area contributed by atoms with E-state index in [-0.39, 0.29) is 6.61 Å². The summed E-state index contributed by atoms with van der Waals surface area (Å²) < 4.78 is 10.7. The Bertz CT molecular complexity index is 559. The Balaban J connectivity index is 1.74. The van der Waals surface area contributed by atoms with Crippen molar-refractivity contribution in [3.63, 3.8) is 0 Å². The molecule has 3 N–H and O–H groups in total. The maximum absolute atomic E-state index is 10.0. The summed E-state index contributed by atoms with van der Waals surface area (Å²) in [5.41, 5.74) is 1.25. The Morgan fingerprint density at radius 1 is 1.05 bits per heavy atom. The van der Waals surface area contributed by atoms with E-state index in [0.717, 1.165) is 5.75 Å². The van der Waals surface area contributed by atoms with Crippen LogP contribution in [-0.2, 0) is 0 Å². The van der Waals surface area contributed by atoms with E-state index in [1.165, 1.54) is 5.56 Å². The van der Waals surface area contributed by atoms with Crippen LogP contribution in [0.1, 0.15) is 18.5 Å². The minimum Gasteiger partial charge on any atom is -0.497 e. The van der Waals surface area contributed by atoms with Crippen LogP contribution in [0, 0.1) is 0 Å². The SMILES string of the molecule is COc1cccc(OCC(O)C[NH2+]C(C)c2ccccc2)c1. The normalized spacial score (nSPS) is 13.4. The quantitative estimate of drug-likeness (QED) is 0.781. The molecule has 118 valence electrons. The number of aliphatic hydroxyl groups excluding tert-OH is 1. The van der Waals surface area contributed by atoms with Gasteiger partial charge in [0, 0.05) is 11.6 Å². The molecule has 2 unspecified atom stereocenters. The van der Waals surface area contributed by atoms with Gasteiger partial charge in [-0.1, -0.05) is 36.4 Å². The molecule has 0 bridgehead atoms. The van der Waals surface area contributed by atoms with Crippen molar-refractivity contribution in [2.75, 3.05) is 20.3 Å². The van der Waals surface area contributed by atoms with Gasteiger partial charge in [-0.25, -0.2) is 0 Å². The van der Waals surface area contributed by atoms with Crippen molar-refractivity contribution in [1.29, 1.82) is 0 Å². The topological polar surface area (TPSA) is 55.3 Å². The zero-order valence-electron chi connectivity index (χ0n) is 13.1. The monoisotopic (exact) mass is 302 g/mol. The van der Waals surface area contributed by atoms with Gasteiger partial charge in [-0.05, 0) is 19.1 Å². The number of methoxy groups -OCH3 is 1. The Morgan fingerprint density at radius 2 is 1.77 bits per heavy atom. The van der Waals surface area contributed by atoms with Gasteiger partial charge < -0.3 is 19.9 Å². The first kappa shape index (κ1) is 16.3. The number of nitrogens with two attached hydrogens (primary N) is 1. The van der Waals surface area contributed by atoms with Gasteiger partial charge in [0.15, 0.2) is 0 Å². The van der Waals surface area contributed by atoms with Crippen LogP contribution in [0.5, 0.6) is 11.5 Å². The zero-order chi connectivity index (χ0) is 15.8. The lowest BCUT2D eigenvalue weighted by Crippen LogP contribution is -2.87. The largest absolute Gasteiger partial charge is 0.497 e. The third-order valence-corrected chi connectivity index (χ3v) is 3.57. The molecule has 0 aliphatic rings. The van der Waals surface area contributed by atoms with E-state index in [4.69, 9.17) is 9.47 Å². The first-order chi connectivity index (χ1) is 10.7. The second kappa shape index (κ2) is 8.41. The molecule has 2 aromatic rings. The molecule has 22 heavy (non-hydrogen) atoms. The summed E-state index contributed by atoms with van der Waals surface area (Å²) in [7, 11) is 1.62. The van der Waals surface area contributed by atoms with Crippen molar-refractivity contribution in [2.24, 2.45) is 0 Å². The van der Waals surface area contributed by atoms with E-state index in [0.29, 0.717) is 18.3 Å². The van der Waals surface area contributed by atoms with Gasteiger partial charge in [0.05, 0.1) is 7.11 Å². The highest BCUT2D eigenvalue weighted by Gasteiger charge is 2.12. The highest BCUT2D eigenvalue weighted by atomic mass is 16.5. The third kappa shape index (κ3) is 5.06. The van der Waals surface area contributed by atoms with Gasteiger partial charge in [-0.2, -0.15) is 0 Å². The standard InChI is InChI=1S/C18H23NO3/c1-14(15-7-4-3-5-8-15)19-12-16(20)13-22-18-10-6-9-17(11-18)21-2/h3-11,14,16,19-20H,12-13H2,1-2H3/p+1. The molecule has 4 nitrogen and oxygen atoms in total. The first-order valence-electron chi connectivity index (χ1n) is 7.52. The molecule has 0 spiro atoms. The van der Waals surface area contributed by atoms with Crippen molar-refractivity contribution < 1.29 is 19.9 Å². The van der Waals surface area contributed by atoms with Crippen LogP contribution in [-0.4, -0.2) is 31.5 Å². The average molecular weight is 302 g/mol. The minimum absolute atomic E-state index is 0.269. The summed E-state index contributed by atoms with van der Waals surface area (Å²) in [4.78, 5) is 0. The lowest BCUT2D eigenvalue weighted by atomic mass is 10.1. The van der Waals surface area contributed by atoms with Gasteiger partial charge in [0.25, 0.3) is 0 Å². The molecule has 0 fully saturated rings. The van der Waals surface area contributed by atoms with E-state index in [1.807, 2.05) is 42.5 Å². The number of benzene rings is 2. The van der Waals surface area contributed by atoms with Crippen molar-refractivity contribution in [3.8, 4) is 11.5 Å². The minimum atomic E-state index is -0.516. The second-order valence-corrected chi connectivity index (χ2v) is 5.31. The average Bonchev–Trinajstić information content (AvgIpc) is 2.58. The summed E-state index contributed by atoms with van der Waals surface area (Å²) in [6.07, 6.45) is -0.516. The molecule has 2 aromatic carbocycles. The Labute approximate surface area is 131 Å². The number of rotatable bonds is 8. The van der Waals surface area contributed by atoms with Crippen molar-refractivity contribution in [1.82, 2.24) is 0 Å². The molecule has 0 aliphatic heterocycles. The Morgan fingerprint density at radius 3 is 2.50 bits per heavy atom. The Kier molecular flexibility index (Phi) is 6.25. The van der Waals surface area contributed by atoms with Crippen molar-refractivity contribution in [2.45, 2.75) is 19.1 Å². The molecule has 2 rings (SSSR count). The molecule has 0 radical (unpaired) electrons. The number of aliphatic hydroxyl groups is 1. The maximum Gasteiger partial charge on any atom is 0.137 e. The maximum atomic E-state index is 10.0. The second-order valence-electron chi connectivity index (χ2n) is 5.31. The van der Waals surface area contributed by atoms with Crippen LogP contribution < -0.4 is 14.8 Å². The fraction of sp³-hybridized carbons (Fsp3) is 0.333. The summed E-state index contributed by atoms with van der Waals surface area (Å²) >= 11 is 0. The van der Waals surface area contributed by atoms with E-state index < -0.39 is 6.10 Å². The predicted octanol–water partition coefficient (Wildman–Crippen LogP) is 1.76. The van der Waals surface area contributed by atoms with Crippen LogP contribution >= 0.6 is 0 Å².